The molecule has 4 nitrogen and oxygen atoms in total. The summed E-state index contributed by atoms with van der Waals surface area (Å²) in [6, 6.07) is 16.6. The quantitative estimate of drug-likeness (QED) is 0.708. The molecule has 0 atom stereocenters. The fraction of sp³-hybridized carbons (Fsp3) is 0.238. The molecule has 1 fully saturated rings. The minimum absolute atomic E-state index is 0.109. The Balaban J connectivity index is 1.72. The molecule has 1 aliphatic heterocycles. The van der Waals surface area contributed by atoms with Crippen LogP contribution in [0.25, 0.3) is 22.0 Å². The smallest absolute Gasteiger partial charge is 0.219 e. The van der Waals surface area contributed by atoms with Gasteiger partial charge >= 0.3 is 0 Å². The molecule has 2 aromatic carbocycles. The van der Waals surface area contributed by atoms with Gasteiger partial charge in [0.1, 0.15) is 11.6 Å². The summed E-state index contributed by atoms with van der Waals surface area (Å²) in [5.41, 5.74) is 2.15. The lowest BCUT2D eigenvalue weighted by Crippen LogP contribution is -2.48. The van der Waals surface area contributed by atoms with Crippen molar-refractivity contribution in [2.45, 2.75) is 6.92 Å². The summed E-state index contributed by atoms with van der Waals surface area (Å²) in [4.78, 5) is 20.4. The lowest BCUT2D eigenvalue weighted by atomic mass is 10.0. The predicted molar refractivity (Wildman–Crippen MR) is 102 cm³/mol. The Morgan fingerprint density at radius 3 is 2.38 bits per heavy atom. The number of amides is 1. The maximum Gasteiger partial charge on any atom is 0.219 e. The molecular weight excluding hydrogens is 329 g/mol. The number of carbonyl (C=O) groups excluding carboxylic acids is 1. The molecule has 0 aliphatic carbocycles. The van der Waals surface area contributed by atoms with Crippen molar-refractivity contribution in [1.82, 2.24) is 9.88 Å². The SMILES string of the molecule is CC(=O)N1CCN(c2ccc3cccc(-c4ccccc4F)c3n2)CC1. The van der Waals surface area contributed by atoms with Crippen LogP contribution in [0.4, 0.5) is 10.2 Å². The van der Waals surface area contributed by atoms with Gasteiger partial charge in [0.2, 0.25) is 5.91 Å². The number of anilines is 1. The molecule has 132 valence electrons. The second-order valence-corrected chi connectivity index (χ2v) is 6.52. The highest BCUT2D eigenvalue weighted by molar-refractivity contribution is 5.94. The summed E-state index contributed by atoms with van der Waals surface area (Å²) in [6.07, 6.45) is 0. The van der Waals surface area contributed by atoms with Crippen molar-refractivity contribution in [2.75, 3.05) is 31.1 Å². The van der Waals surface area contributed by atoms with Gasteiger partial charge in [0.15, 0.2) is 0 Å². The molecule has 26 heavy (non-hydrogen) atoms. The van der Waals surface area contributed by atoms with Gasteiger partial charge in [0.05, 0.1) is 5.52 Å². The average molecular weight is 349 g/mol. The van der Waals surface area contributed by atoms with E-state index in [9.17, 15) is 9.18 Å². The third-order valence-electron chi connectivity index (χ3n) is 4.92. The van der Waals surface area contributed by atoms with Crippen LogP contribution in [0.15, 0.2) is 54.6 Å². The number of carbonyl (C=O) groups is 1. The first-order valence-corrected chi connectivity index (χ1v) is 8.78. The van der Waals surface area contributed by atoms with Gasteiger partial charge in [-0.2, -0.15) is 0 Å². The van der Waals surface area contributed by atoms with Crippen molar-refractivity contribution in [1.29, 1.82) is 0 Å². The van der Waals surface area contributed by atoms with Gasteiger partial charge in [-0.3, -0.25) is 4.79 Å². The molecule has 1 aliphatic rings. The van der Waals surface area contributed by atoms with Crippen molar-refractivity contribution in [3.8, 4) is 11.1 Å². The molecular formula is C21H20FN3O. The van der Waals surface area contributed by atoms with Crippen molar-refractivity contribution >= 4 is 22.6 Å². The minimum atomic E-state index is -0.248. The normalized spacial score (nSPS) is 14.7. The molecule has 4 rings (SSSR count). The highest BCUT2D eigenvalue weighted by Crippen LogP contribution is 2.30. The van der Waals surface area contributed by atoms with Gasteiger partial charge in [0.25, 0.3) is 0 Å². The van der Waals surface area contributed by atoms with Crippen LogP contribution in [0.3, 0.4) is 0 Å². The van der Waals surface area contributed by atoms with Crippen molar-refractivity contribution in [3.05, 3.63) is 60.4 Å². The Morgan fingerprint density at radius 1 is 0.923 bits per heavy atom. The van der Waals surface area contributed by atoms with Crippen LogP contribution in [0.5, 0.6) is 0 Å². The first kappa shape index (κ1) is 16.5. The zero-order valence-electron chi connectivity index (χ0n) is 14.7. The van der Waals surface area contributed by atoms with E-state index in [-0.39, 0.29) is 11.7 Å². The fourth-order valence-electron chi connectivity index (χ4n) is 3.46. The van der Waals surface area contributed by atoms with Crippen LogP contribution in [0, 0.1) is 5.82 Å². The van der Waals surface area contributed by atoms with Crippen molar-refractivity contribution in [2.24, 2.45) is 0 Å². The maximum absolute atomic E-state index is 14.3. The van der Waals surface area contributed by atoms with Crippen LogP contribution < -0.4 is 4.90 Å². The van der Waals surface area contributed by atoms with E-state index in [1.165, 1.54) is 6.07 Å². The van der Waals surface area contributed by atoms with Gasteiger partial charge in [-0.1, -0.05) is 36.4 Å². The number of piperazine rings is 1. The van der Waals surface area contributed by atoms with Gasteiger partial charge in [-0.15, -0.1) is 0 Å². The first-order chi connectivity index (χ1) is 12.6. The van der Waals surface area contributed by atoms with Gasteiger partial charge in [-0.05, 0) is 18.2 Å². The lowest BCUT2D eigenvalue weighted by molar-refractivity contribution is -0.129. The monoisotopic (exact) mass is 349 g/mol. The van der Waals surface area contributed by atoms with E-state index < -0.39 is 0 Å². The second-order valence-electron chi connectivity index (χ2n) is 6.52. The molecule has 1 aromatic heterocycles. The Bertz CT molecular complexity index is 964. The predicted octanol–water partition coefficient (Wildman–Crippen LogP) is 3.71. The van der Waals surface area contributed by atoms with Crippen LogP contribution >= 0.6 is 0 Å². The zero-order chi connectivity index (χ0) is 18.1. The average Bonchev–Trinajstić information content (AvgIpc) is 2.68. The van der Waals surface area contributed by atoms with E-state index in [0.717, 1.165) is 35.4 Å². The Kier molecular flexibility index (Phi) is 4.29. The number of rotatable bonds is 2. The molecule has 0 spiro atoms. The summed E-state index contributed by atoms with van der Waals surface area (Å²) in [7, 11) is 0. The van der Waals surface area contributed by atoms with Crippen LogP contribution in [-0.2, 0) is 4.79 Å². The molecule has 0 bridgehead atoms. The second kappa shape index (κ2) is 6.75. The topological polar surface area (TPSA) is 36.4 Å². The van der Waals surface area contributed by atoms with Crippen molar-refractivity contribution < 1.29 is 9.18 Å². The lowest BCUT2D eigenvalue weighted by Gasteiger charge is -2.35. The van der Waals surface area contributed by atoms with Crippen LogP contribution in [-0.4, -0.2) is 42.0 Å². The van der Waals surface area contributed by atoms with Gasteiger partial charge in [-0.25, -0.2) is 9.37 Å². The van der Waals surface area contributed by atoms with E-state index >= 15 is 0 Å². The van der Waals surface area contributed by atoms with E-state index in [2.05, 4.69) is 4.90 Å². The summed E-state index contributed by atoms with van der Waals surface area (Å²) < 4.78 is 14.3. The number of benzene rings is 2. The van der Waals surface area contributed by atoms with Crippen LogP contribution in [0.1, 0.15) is 6.92 Å². The number of nitrogens with zero attached hydrogens (tertiary/aromatic N) is 3. The molecule has 0 unspecified atom stereocenters. The third-order valence-corrected chi connectivity index (χ3v) is 4.92. The number of para-hydroxylation sites is 1. The highest BCUT2D eigenvalue weighted by atomic mass is 19.1. The maximum atomic E-state index is 14.3. The molecule has 5 heteroatoms. The molecule has 1 amide bonds. The number of fused-ring (bicyclic) bond motifs is 1. The summed E-state index contributed by atoms with van der Waals surface area (Å²) in [6.45, 7) is 4.50. The minimum Gasteiger partial charge on any atom is -0.353 e. The number of pyridine rings is 1. The third kappa shape index (κ3) is 3.01. The molecule has 0 N–H and O–H groups in total. The van der Waals surface area contributed by atoms with Crippen molar-refractivity contribution in [3.63, 3.8) is 0 Å². The van der Waals surface area contributed by atoms with E-state index in [1.807, 2.05) is 41.3 Å². The Labute approximate surface area is 151 Å². The number of aromatic nitrogens is 1. The largest absolute Gasteiger partial charge is 0.353 e. The first-order valence-electron chi connectivity index (χ1n) is 8.78. The number of hydrogen-bond acceptors (Lipinski definition) is 3. The summed E-state index contributed by atoms with van der Waals surface area (Å²) in [5, 5.41) is 0.983. The molecule has 0 saturated carbocycles. The fourth-order valence-corrected chi connectivity index (χ4v) is 3.46. The number of hydrogen-bond donors (Lipinski definition) is 0. The Hall–Kier alpha value is -2.95. The molecule has 1 saturated heterocycles. The standard InChI is InChI=1S/C21H20FN3O/c1-15(26)24-11-13-25(14-12-24)20-10-9-16-5-4-7-18(21(16)23-20)17-6-2-3-8-19(17)22/h2-10H,11-14H2,1H3. The van der Waals surface area contributed by atoms with Gasteiger partial charge in [0, 0.05) is 49.6 Å². The van der Waals surface area contributed by atoms with Crippen LogP contribution in [0.2, 0.25) is 0 Å². The van der Waals surface area contributed by atoms with Gasteiger partial charge < -0.3 is 9.80 Å². The molecule has 2 heterocycles. The molecule has 3 aromatic rings. The summed E-state index contributed by atoms with van der Waals surface area (Å²) in [5.74, 6) is 0.727. The highest BCUT2D eigenvalue weighted by Gasteiger charge is 2.20. The van der Waals surface area contributed by atoms with E-state index in [1.54, 1.807) is 19.1 Å². The van der Waals surface area contributed by atoms with E-state index in [4.69, 9.17) is 4.98 Å². The zero-order valence-corrected chi connectivity index (χ0v) is 14.7. The molecule has 0 radical (unpaired) electrons. The number of halogens is 1. The summed E-state index contributed by atoms with van der Waals surface area (Å²) >= 11 is 0. The van der Waals surface area contributed by atoms with E-state index in [0.29, 0.717) is 18.7 Å². The Morgan fingerprint density at radius 2 is 1.65 bits per heavy atom.